The van der Waals surface area contributed by atoms with E-state index in [2.05, 4.69) is 6.92 Å². The Morgan fingerprint density at radius 2 is 2.12 bits per heavy atom. The first-order valence-electron chi connectivity index (χ1n) is 6.10. The van der Waals surface area contributed by atoms with Crippen molar-refractivity contribution in [1.29, 1.82) is 0 Å². The highest BCUT2D eigenvalue weighted by Crippen LogP contribution is 2.21. The first-order valence-corrected chi connectivity index (χ1v) is 6.10. The van der Waals surface area contributed by atoms with Crippen LogP contribution in [0.25, 0.3) is 0 Å². The predicted molar refractivity (Wildman–Crippen MR) is 69.7 cm³/mol. The number of carbonyl (C=O) groups excluding carboxylic acids is 1. The summed E-state index contributed by atoms with van der Waals surface area (Å²) in [6.07, 6.45) is 3.60. The molecule has 1 aliphatic heterocycles. The zero-order chi connectivity index (χ0) is 11.4. The van der Waals surface area contributed by atoms with Crippen molar-refractivity contribution in [2.45, 2.75) is 46.1 Å². The van der Waals surface area contributed by atoms with E-state index in [9.17, 15) is 4.79 Å². The Hall–Kier alpha value is -0.280. The van der Waals surface area contributed by atoms with Gasteiger partial charge in [0.05, 0.1) is 5.92 Å². The van der Waals surface area contributed by atoms with E-state index in [1.165, 1.54) is 12.8 Å². The number of carbonyl (C=O) groups is 1. The lowest BCUT2D eigenvalue weighted by Gasteiger charge is -2.34. The summed E-state index contributed by atoms with van der Waals surface area (Å²) in [5.41, 5.74) is 5.76. The van der Waals surface area contributed by atoms with Gasteiger partial charge < -0.3 is 10.6 Å². The van der Waals surface area contributed by atoms with Gasteiger partial charge in [-0.05, 0) is 25.7 Å². The summed E-state index contributed by atoms with van der Waals surface area (Å²) >= 11 is 0. The van der Waals surface area contributed by atoms with Crippen LogP contribution in [0.1, 0.15) is 40.0 Å². The van der Waals surface area contributed by atoms with Crippen molar-refractivity contribution >= 4 is 18.3 Å². The van der Waals surface area contributed by atoms with Crippen molar-refractivity contribution in [3.63, 3.8) is 0 Å². The van der Waals surface area contributed by atoms with Gasteiger partial charge in [-0.25, -0.2) is 0 Å². The molecule has 0 radical (unpaired) electrons. The maximum atomic E-state index is 12.0. The van der Waals surface area contributed by atoms with Crippen LogP contribution in [0, 0.1) is 11.8 Å². The van der Waals surface area contributed by atoms with E-state index in [4.69, 9.17) is 5.73 Å². The third kappa shape index (κ3) is 3.95. The first-order chi connectivity index (χ1) is 7.06. The van der Waals surface area contributed by atoms with E-state index in [0.29, 0.717) is 5.92 Å². The van der Waals surface area contributed by atoms with E-state index in [0.717, 1.165) is 19.5 Å². The number of amides is 1. The highest BCUT2D eigenvalue weighted by Gasteiger charge is 2.27. The fourth-order valence-electron chi connectivity index (χ4n) is 2.11. The number of nitrogens with two attached hydrogens (primary N) is 1. The maximum absolute atomic E-state index is 12.0. The highest BCUT2D eigenvalue weighted by molar-refractivity contribution is 5.85. The normalized spacial score (nSPS) is 24.5. The number of rotatable bonds is 3. The number of piperidine rings is 1. The highest BCUT2D eigenvalue weighted by atomic mass is 35.5. The molecule has 1 rings (SSSR count). The Kier molecular flexibility index (Phi) is 7.00. The SMILES string of the molecule is CCC1CCCN(C(=O)C(C)C(C)N)C1.Cl. The lowest BCUT2D eigenvalue weighted by atomic mass is 9.93. The van der Waals surface area contributed by atoms with Crippen molar-refractivity contribution < 1.29 is 4.79 Å². The van der Waals surface area contributed by atoms with Gasteiger partial charge in [0.1, 0.15) is 0 Å². The van der Waals surface area contributed by atoms with Gasteiger partial charge in [-0.15, -0.1) is 12.4 Å². The minimum Gasteiger partial charge on any atom is -0.342 e. The fraction of sp³-hybridized carbons (Fsp3) is 0.917. The van der Waals surface area contributed by atoms with Gasteiger partial charge in [0.15, 0.2) is 0 Å². The summed E-state index contributed by atoms with van der Waals surface area (Å²) < 4.78 is 0. The molecule has 0 aromatic rings. The van der Waals surface area contributed by atoms with Crippen molar-refractivity contribution in [1.82, 2.24) is 4.90 Å². The van der Waals surface area contributed by atoms with Gasteiger partial charge in [0.25, 0.3) is 0 Å². The molecule has 1 heterocycles. The summed E-state index contributed by atoms with van der Waals surface area (Å²) in [6.45, 7) is 7.90. The molecule has 0 saturated carbocycles. The van der Waals surface area contributed by atoms with Crippen LogP contribution >= 0.6 is 12.4 Å². The Balaban J connectivity index is 0.00000225. The molecule has 16 heavy (non-hydrogen) atoms. The molecular formula is C12H25ClN2O. The number of hydrogen-bond acceptors (Lipinski definition) is 2. The monoisotopic (exact) mass is 248 g/mol. The number of nitrogens with zero attached hydrogens (tertiary/aromatic N) is 1. The number of halogens is 1. The molecule has 3 atom stereocenters. The zero-order valence-corrected chi connectivity index (χ0v) is 11.4. The van der Waals surface area contributed by atoms with Crippen LogP contribution < -0.4 is 5.73 Å². The minimum atomic E-state index is -0.0421. The van der Waals surface area contributed by atoms with Gasteiger partial charge in [-0.2, -0.15) is 0 Å². The number of likely N-dealkylation sites (tertiary alicyclic amines) is 1. The quantitative estimate of drug-likeness (QED) is 0.831. The molecule has 0 spiro atoms. The van der Waals surface area contributed by atoms with Crippen LogP contribution in [0.5, 0.6) is 0 Å². The molecule has 1 aliphatic rings. The van der Waals surface area contributed by atoms with Crippen LogP contribution in [-0.4, -0.2) is 29.9 Å². The third-order valence-electron chi connectivity index (χ3n) is 3.59. The van der Waals surface area contributed by atoms with Crippen LogP contribution in [0.4, 0.5) is 0 Å². The van der Waals surface area contributed by atoms with Crippen LogP contribution in [0.3, 0.4) is 0 Å². The summed E-state index contributed by atoms with van der Waals surface area (Å²) in [5.74, 6) is 0.895. The Morgan fingerprint density at radius 3 is 2.62 bits per heavy atom. The van der Waals surface area contributed by atoms with Gasteiger partial charge >= 0.3 is 0 Å². The summed E-state index contributed by atoms with van der Waals surface area (Å²) in [4.78, 5) is 14.1. The average Bonchev–Trinajstić information content (AvgIpc) is 2.27. The van der Waals surface area contributed by atoms with Crippen molar-refractivity contribution in [2.75, 3.05) is 13.1 Å². The molecule has 1 fully saturated rings. The molecule has 0 bridgehead atoms. The largest absolute Gasteiger partial charge is 0.342 e. The van der Waals surface area contributed by atoms with Gasteiger partial charge in [-0.3, -0.25) is 4.79 Å². The lowest BCUT2D eigenvalue weighted by molar-refractivity contribution is -0.137. The molecular weight excluding hydrogens is 224 g/mol. The van der Waals surface area contributed by atoms with Crippen molar-refractivity contribution in [3.05, 3.63) is 0 Å². The topological polar surface area (TPSA) is 46.3 Å². The molecule has 0 aromatic heterocycles. The lowest BCUT2D eigenvalue weighted by Crippen LogP contribution is -2.46. The third-order valence-corrected chi connectivity index (χ3v) is 3.59. The zero-order valence-electron chi connectivity index (χ0n) is 10.6. The summed E-state index contributed by atoms with van der Waals surface area (Å²) in [7, 11) is 0. The molecule has 4 heteroatoms. The van der Waals surface area contributed by atoms with Crippen LogP contribution in [0.15, 0.2) is 0 Å². The van der Waals surface area contributed by atoms with Crippen LogP contribution in [0.2, 0.25) is 0 Å². The van der Waals surface area contributed by atoms with E-state index in [1.54, 1.807) is 0 Å². The Bertz CT molecular complexity index is 221. The van der Waals surface area contributed by atoms with Crippen molar-refractivity contribution in [3.8, 4) is 0 Å². The van der Waals surface area contributed by atoms with Crippen molar-refractivity contribution in [2.24, 2.45) is 17.6 Å². The first kappa shape index (κ1) is 15.7. The van der Waals surface area contributed by atoms with E-state index in [-0.39, 0.29) is 30.3 Å². The van der Waals surface area contributed by atoms with Gasteiger partial charge in [-0.1, -0.05) is 20.3 Å². The summed E-state index contributed by atoms with van der Waals surface area (Å²) in [6, 6.07) is -0.0421. The van der Waals surface area contributed by atoms with Gasteiger partial charge in [0, 0.05) is 19.1 Å². The second kappa shape index (κ2) is 7.13. The average molecular weight is 249 g/mol. The molecule has 0 aromatic carbocycles. The molecule has 3 unspecified atom stereocenters. The Labute approximate surface area is 105 Å². The van der Waals surface area contributed by atoms with E-state index >= 15 is 0 Å². The second-order valence-corrected chi connectivity index (χ2v) is 4.85. The van der Waals surface area contributed by atoms with E-state index < -0.39 is 0 Å². The molecule has 0 aliphatic carbocycles. The molecule has 96 valence electrons. The maximum Gasteiger partial charge on any atom is 0.226 e. The predicted octanol–water partition coefficient (Wildman–Crippen LogP) is 2.04. The van der Waals surface area contributed by atoms with Crippen LogP contribution in [-0.2, 0) is 4.79 Å². The fourth-order valence-corrected chi connectivity index (χ4v) is 2.11. The van der Waals surface area contributed by atoms with E-state index in [1.807, 2.05) is 18.7 Å². The second-order valence-electron chi connectivity index (χ2n) is 4.85. The standard InChI is InChI=1S/C12H24N2O.ClH/c1-4-11-6-5-7-14(8-11)12(15)9(2)10(3)13;/h9-11H,4-8,13H2,1-3H3;1H. The molecule has 1 amide bonds. The Morgan fingerprint density at radius 1 is 1.50 bits per heavy atom. The molecule has 2 N–H and O–H groups in total. The smallest absolute Gasteiger partial charge is 0.226 e. The molecule has 3 nitrogen and oxygen atoms in total. The molecule has 1 saturated heterocycles. The number of hydrogen-bond donors (Lipinski definition) is 1. The minimum absolute atomic E-state index is 0. The van der Waals surface area contributed by atoms with Gasteiger partial charge in [0.2, 0.25) is 5.91 Å². The summed E-state index contributed by atoms with van der Waals surface area (Å²) in [5, 5.41) is 0.